The average Bonchev–Trinajstić information content (AvgIpc) is 2.43. The Morgan fingerprint density at radius 3 is 2.50 bits per heavy atom. The van der Waals surface area contributed by atoms with Gasteiger partial charge in [0.1, 0.15) is 0 Å². The quantitative estimate of drug-likeness (QED) is 0.669. The summed E-state index contributed by atoms with van der Waals surface area (Å²) in [5.74, 6) is 0. The van der Waals surface area contributed by atoms with Crippen molar-refractivity contribution in [3.63, 3.8) is 0 Å². The normalized spacial score (nSPS) is 9.80. The monoisotopic (exact) mass is 193 g/mol. The Kier molecular flexibility index (Phi) is 3.59. The van der Waals surface area contributed by atoms with E-state index in [4.69, 9.17) is 6.64 Å². The van der Waals surface area contributed by atoms with Crippen molar-refractivity contribution >= 4 is 14.5 Å². The first-order valence-electron chi connectivity index (χ1n) is 2.87. The molecule has 0 saturated heterocycles. The maximum atomic E-state index is 5.20. The first kappa shape index (κ1) is 8.43. The van der Waals surface area contributed by atoms with Crippen molar-refractivity contribution in [3.8, 4) is 0 Å². The summed E-state index contributed by atoms with van der Waals surface area (Å²) < 4.78 is 11.7. The number of thiophene rings is 1. The van der Waals surface area contributed by atoms with Crippen LogP contribution in [0.5, 0.6) is 0 Å². The van der Waals surface area contributed by atoms with Gasteiger partial charge in [0.25, 0.3) is 0 Å². The molecular weight excluding hydrogens is 184 g/mol. The van der Waals surface area contributed by atoms with Gasteiger partial charge in [-0.3, -0.25) is 0 Å². The SMILES string of the molecule is C[O][Ti]([O]C)[c]1cccs1. The number of hydrogen-bond donors (Lipinski definition) is 0. The van der Waals surface area contributed by atoms with E-state index in [9.17, 15) is 0 Å². The van der Waals surface area contributed by atoms with Gasteiger partial charge in [-0.15, -0.1) is 0 Å². The standard InChI is InChI=1S/C4H3S.2CH3O.Ti/c1-2-4-5-3-1;2*1-2;/h1-3H;2*1H3;/q;2*-1;+2. The molecule has 0 spiro atoms. The van der Waals surface area contributed by atoms with E-state index < -0.39 is 18.6 Å². The van der Waals surface area contributed by atoms with Gasteiger partial charge in [-0.1, -0.05) is 0 Å². The molecule has 0 amide bonds. The molecule has 0 saturated carbocycles. The summed E-state index contributed by atoms with van der Waals surface area (Å²) >= 11 is -0.0365. The van der Waals surface area contributed by atoms with Crippen molar-refractivity contribution < 1.29 is 25.3 Å². The Morgan fingerprint density at radius 1 is 1.40 bits per heavy atom. The van der Waals surface area contributed by atoms with Crippen LogP contribution in [-0.4, -0.2) is 14.2 Å². The second kappa shape index (κ2) is 4.26. The van der Waals surface area contributed by atoms with E-state index in [0.29, 0.717) is 0 Å². The summed E-state index contributed by atoms with van der Waals surface area (Å²) in [4.78, 5) is 0. The van der Waals surface area contributed by atoms with Crippen LogP contribution >= 0.6 is 11.3 Å². The third-order valence-corrected chi connectivity index (χ3v) is 5.06. The Morgan fingerprint density at radius 2 is 2.10 bits per heavy atom. The fourth-order valence-electron chi connectivity index (χ4n) is 0.679. The van der Waals surface area contributed by atoms with E-state index >= 15 is 0 Å². The van der Waals surface area contributed by atoms with E-state index in [2.05, 4.69) is 6.07 Å². The van der Waals surface area contributed by atoms with Crippen LogP contribution in [0.1, 0.15) is 0 Å². The molecule has 10 heavy (non-hydrogen) atoms. The fraction of sp³-hybridized carbons (Fsp3) is 0.333. The summed E-state index contributed by atoms with van der Waals surface area (Å²) in [6.45, 7) is 0. The van der Waals surface area contributed by atoms with Crippen molar-refractivity contribution in [3.05, 3.63) is 17.5 Å². The Labute approximate surface area is 71.6 Å². The summed E-state index contributed by atoms with van der Waals surface area (Å²) in [6, 6.07) is 4.08. The summed E-state index contributed by atoms with van der Waals surface area (Å²) in [7, 11) is 3.41. The van der Waals surface area contributed by atoms with Crippen LogP contribution in [0, 0.1) is 0 Å². The summed E-state index contributed by atoms with van der Waals surface area (Å²) in [5, 5.41) is 2.04. The van der Waals surface area contributed by atoms with Crippen LogP contribution in [0.25, 0.3) is 0 Å². The molecule has 55 valence electrons. The zero-order chi connectivity index (χ0) is 7.40. The topological polar surface area (TPSA) is 18.5 Å². The predicted octanol–water partition coefficient (Wildman–Crippen LogP) is 1.11. The Balaban J connectivity index is 2.64. The van der Waals surface area contributed by atoms with Crippen LogP contribution in [0.15, 0.2) is 17.5 Å². The molecule has 0 atom stereocenters. The molecule has 0 radical (unpaired) electrons. The van der Waals surface area contributed by atoms with Gasteiger partial charge < -0.3 is 0 Å². The van der Waals surface area contributed by atoms with Crippen LogP contribution in [0.4, 0.5) is 0 Å². The maximum absolute atomic E-state index is 5.20. The minimum atomic E-state index is -1.74. The Bertz CT molecular complexity index is 172. The second-order valence-electron chi connectivity index (χ2n) is 1.67. The van der Waals surface area contributed by atoms with E-state index in [-0.39, 0.29) is 0 Å². The van der Waals surface area contributed by atoms with Gasteiger partial charge in [0.2, 0.25) is 0 Å². The molecular formula is C6H9O2STi. The molecule has 0 aliphatic heterocycles. The molecule has 2 nitrogen and oxygen atoms in total. The second-order valence-corrected chi connectivity index (χ2v) is 6.20. The van der Waals surface area contributed by atoms with Gasteiger partial charge in [-0.25, -0.2) is 0 Å². The molecule has 0 bridgehead atoms. The van der Waals surface area contributed by atoms with E-state index in [1.165, 1.54) is 3.18 Å². The molecule has 1 aromatic heterocycles. The molecule has 1 heterocycles. The van der Waals surface area contributed by atoms with Gasteiger partial charge in [0.15, 0.2) is 0 Å². The zero-order valence-corrected chi connectivity index (χ0v) is 8.33. The van der Waals surface area contributed by atoms with Crippen LogP contribution in [0.2, 0.25) is 0 Å². The molecule has 1 rings (SSSR count). The summed E-state index contributed by atoms with van der Waals surface area (Å²) in [5.41, 5.74) is 0. The van der Waals surface area contributed by atoms with Crippen LogP contribution in [-0.2, 0) is 25.3 Å². The van der Waals surface area contributed by atoms with E-state index in [0.717, 1.165) is 0 Å². The van der Waals surface area contributed by atoms with Crippen LogP contribution in [0.3, 0.4) is 0 Å². The first-order chi connectivity index (χ1) is 4.88. The van der Waals surface area contributed by atoms with Crippen molar-refractivity contribution in [2.75, 3.05) is 14.2 Å². The third-order valence-electron chi connectivity index (χ3n) is 1.09. The minimum absolute atomic E-state index is 1.27. The third kappa shape index (κ3) is 1.91. The van der Waals surface area contributed by atoms with Crippen molar-refractivity contribution in [2.24, 2.45) is 0 Å². The van der Waals surface area contributed by atoms with Crippen molar-refractivity contribution in [2.45, 2.75) is 0 Å². The predicted molar refractivity (Wildman–Crippen MR) is 38.0 cm³/mol. The molecule has 0 fully saturated rings. The van der Waals surface area contributed by atoms with Crippen molar-refractivity contribution in [1.29, 1.82) is 0 Å². The molecule has 0 aliphatic rings. The van der Waals surface area contributed by atoms with Gasteiger partial charge >= 0.3 is 71.5 Å². The Hall–Kier alpha value is 0.334. The molecule has 0 unspecified atom stereocenters. The van der Waals surface area contributed by atoms with Gasteiger partial charge in [-0.05, 0) is 0 Å². The molecule has 1 aromatic rings. The first-order valence-corrected chi connectivity index (χ1v) is 5.81. The van der Waals surface area contributed by atoms with E-state index in [1.807, 2.05) is 11.4 Å². The number of rotatable bonds is 3. The van der Waals surface area contributed by atoms with Crippen LogP contribution < -0.4 is 3.18 Å². The van der Waals surface area contributed by atoms with Gasteiger partial charge in [-0.2, -0.15) is 0 Å². The molecule has 0 aliphatic carbocycles. The van der Waals surface area contributed by atoms with Gasteiger partial charge in [0, 0.05) is 0 Å². The molecule has 0 N–H and O–H groups in total. The fourth-order valence-corrected chi connectivity index (χ4v) is 3.94. The number of hydrogen-bond acceptors (Lipinski definition) is 3. The zero-order valence-electron chi connectivity index (χ0n) is 5.96. The molecule has 4 heteroatoms. The molecule has 0 aromatic carbocycles. The summed E-state index contributed by atoms with van der Waals surface area (Å²) in [6.07, 6.45) is 0. The van der Waals surface area contributed by atoms with E-state index in [1.54, 1.807) is 25.6 Å². The average molecular weight is 193 g/mol. The van der Waals surface area contributed by atoms with Gasteiger partial charge in [0.05, 0.1) is 0 Å². The van der Waals surface area contributed by atoms with Crippen molar-refractivity contribution in [1.82, 2.24) is 0 Å².